The zero-order chi connectivity index (χ0) is 14.7. The molecule has 0 saturated carbocycles. The van der Waals surface area contributed by atoms with Gasteiger partial charge in [0.1, 0.15) is 5.82 Å². The average Bonchev–Trinajstić information content (AvgIpc) is 2.75. The number of hydrogen-bond donors (Lipinski definition) is 1. The first kappa shape index (κ1) is 15.4. The second kappa shape index (κ2) is 6.64. The van der Waals surface area contributed by atoms with Crippen molar-refractivity contribution < 1.29 is 0 Å². The van der Waals surface area contributed by atoms with Crippen molar-refractivity contribution >= 4 is 23.7 Å². The lowest BCUT2D eigenvalue weighted by atomic mass is 10.0. The second-order valence-electron chi connectivity index (χ2n) is 5.90. The molecular formula is C16H25N3S. The molecule has 0 radical (unpaired) electrons. The van der Waals surface area contributed by atoms with E-state index in [1.165, 1.54) is 11.1 Å². The third-order valence-electron chi connectivity index (χ3n) is 3.65. The number of thiol groups is 1. The van der Waals surface area contributed by atoms with Crippen LogP contribution in [0.2, 0.25) is 0 Å². The molecule has 4 heteroatoms. The Hall–Kier alpha value is -1.00. The van der Waals surface area contributed by atoms with Crippen LogP contribution >= 0.6 is 12.6 Å². The third kappa shape index (κ3) is 3.36. The largest absolute Gasteiger partial charge is 0.327 e. The van der Waals surface area contributed by atoms with Gasteiger partial charge >= 0.3 is 0 Å². The summed E-state index contributed by atoms with van der Waals surface area (Å²) in [4.78, 5) is 6.96. The molecule has 0 spiro atoms. The Morgan fingerprint density at radius 2 is 2.05 bits per heavy atom. The number of fused-ring (bicyclic) bond motifs is 1. The molecular weight excluding hydrogens is 266 g/mol. The van der Waals surface area contributed by atoms with E-state index in [1.807, 2.05) is 0 Å². The van der Waals surface area contributed by atoms with Crippen molar-refractivity contribution in [3.63, 3.8) is 0 Å². The Balaban J connectivity index is 2.32. The van der Waals surface area contributed by atoms with Gasteiger partial charge in [-0.05, 0) is 50.7 Å². The van der Waals surface area contributed by atoms with Crippen LogP contribution in [-0.4, -0.2) is 35.1 Å². The highest BCUT2D eigenvalue weighted by Gasteiger charge is 2.11. The van der Waals surface area contributed by atoms with E-state index in [0.29, 0.717) is 11.7 Å². The third-order valence-corrected chi connectivity index (χ3v) is 3.93. The molecule has 0 amide bonds. The molecule has 0 bridgehead atoms. The minimum atomic E-state index is 0.540. The van der Waals surface area contributed by atoms with E-state index in [9.17, 15) is 0 Å². The molecule has 2 rings (SSSR count). The van der Waals surface area contributed by atoms with Crippen molar-refractivity contribution in [2.24, 2.45) is 0 Å². The molecule has 110 valence electrons. The number of rotatable bonds is 6. The maximum Gasteiger partial charge on any atom is 0.119 e. The van der Waals surface area contributed by atoms with Crippen molar-refractivity contribution in [2.75, 3.05) is 20.6 Å². The van der Waals surface area contributed by atoms with Crippen LogP contribution in [0.3, 0.4) is 0 Å². The quantitative estimate of drug-likeness (QED) is 0.822. The predicted molar refractivity (Wildman–Crippen MR) is 89.7 cm³/mol. The molecule has 0 aliphatic rings. The van der Waals surface area contributed by atoms with Gasteiger partial charge in [-0.2, -0.15) is 12.6 Å². The summed E-state index contributed by atoms with van der Waals surface area (Å²) in [6.45, 7) is 6.53. The van der Waals surface area contributed by atoms with E-state index in [4.69, 9.17) is 4.98 Å². The molecule has 0 saturated heterocycles. The molecule has 2 aromatic rings. The highest BCUT2D eigenvalue weighted by atomic mass is 32.1. The lowest BCUT2D eigenvalue weighted by Crippen LogP contribution is -2.15. The predicted octanol–water partition coefficient (Wildman–Crippen LogP) is 3.54. The summed E-state index contributed by atoms with van der Waals surface area (Å²) < 4.78 is 2.32. The topological polar surface area (TPSA) is 21.1 Å². The highest BCUT2D eigenvalue weighted by Crippen LogP contribution is 2.23. The molecule has 1 aromatic carbocycles. The Labute approximate surface area is 127 Å². The monoisotopic (exact) mass is 291 g/mol. The molecule has 20 heavy (non-hydrogen) atoms. The van der Waals surface area contributed by atoms with E-state index in [0.717, 1.165) is 30.9 Å². The fourth-order valence-corrected chi connectivity index (χ4v) is 2.71. The zero-order valence-electron chi connectivity index (χ0n) is 12.9. The number of aryl methyl sites for hydroxylation is 1. The number of benzene rings is 1. The molecule has 0 aliphatic heterocycles. The lowest BCUT2D eigenvalue weighted by Gasteiger charge is -2.12. The van der Waals surface area contributed by atoms with Crippen LogP contribution in [0.25, 0.3) is 11.0 Å². The normalized spacial score (nSPS) is 11.9. The summed E-state index contributed by atoms with van der Waals surface area (Å²) in [5.41, 5.74) is 3.68. The van der Waals surface area contributed by atoms with Gasteiger partial charge in [0.15, 0.2) is 0 Å². The van der Waals surface area contributed by atoms with Crippen molar-refractivity contribution in [1.29, 1.82) is 0 Å². The van der Waals surface area contributed by atoms with Gasteiger partial charge in [-0.15, -0.1) is 0 Å². The van der Waals surface area contributed by atoms with Crippen LogP contribution in [0, 0.1) is 0 Å². The van der Waals surface area contributed by atoms with Crippen molar-refractivity contribution in [1.82, 2.24) is 14.5 Å². The van der Waals surface area contributed by atoms with Crippen LogP contribution in [0.5, 0.6) is 0 Å². The van der Waals surface area contributed by atoms with Crippen LogP contribution in [0.1, 0.15) is 37.6 Å². The van der Waals surface area contributed by atoms with Gasteiger partial charge in [0.25, 0.3) is 0 Å². The van der Waals surface area contributed by atoms with Crippen LogP contribution in [-0.2, 0) is 12.3 Å². The van der Waals surface area contributed by atoms with Gasteiger partial charge in [-0.1, -0.05) is 19.9 Å². The standard InChI is InChI=1S/C16H25N3S/c1-12(2)13-6-7-15-14(10-13)17-16(11-20)19(15)9-5-8-18(3)4/h6-7,10,12,20H,5,8-9,11H2,1-4H3. The molecule has 0 atom stereocenters. The van der Waals surface area contributed by atoms with Crippen molar-refractivity contribution in [3.8, 4) is 0 Å². The van der Waals surface area contributed by atoms with Crippen molar-refractivity contribution in [3.05, 3.63) is 29.6 Å². The maximum absolute atomic E-state index is 4.74. The number of aromatic nitrogens is 2. The van der Waals surface area contributed by atoms with Gasteiger partial charge < -0.3 is 9.47 Å². The molecule has 3 nitrogen and oxygen atoms in total. The Bertz CT molecular complexity index is 572. The maximum atomic E-state index is 4.74. The fourth-order valence-electron chi connectivity index (χ4n) is 2.47. The fraction of sp³-hybridized carbons (Fsp3) is 0.562. The van der Waals surface area contributed by atoms with Gasteiger partial charge in [0, 0.05) is 12.3 Å². The first-order chi connectivity index (χ1) is 9.52. The summed E-state index contributed by atoms with van der Waals surface area (Å²) in [6, 6.07) is 6.65. The van der Waals surface area contributed by atoms with Gasteiger partial charge in [0.05, 0.1) is 11.0 Å². The minimum absolute atomic E-state index is 0.540. The van der Waals surface area contributed by atoms with Crippen molar-refractivity contribution in [2.45, 2.75) is 38.5 Å². The van der Waals surface area contributed by atoms with Crippen LogP contribution in [0.4, 0.5) is 0 Å². The summed E-state index contributed by atoms with van der Waals surface area (Å²) in [7, 11) is 4.22. The van der Waals surface area contributed by atoms with E-state index in [1.54, 1.807) is 0 Å². The molecule has 0 aliphatic carbocycles. The molecule has 1 aromatic heterocycles. The summed E-state index contributed by atoms with van der Waals surface area (Å²) in [5.74, 6) is 2.30. The molecule has 0 N–H and O–H groups in total. The Kier molecular flexibility index (Phi) is 5.11. The second-order valence-corrected chi connectivity index (χ2v) is 6.21. The molecule has 0 fully saturated rings. The smallest absolute Gasteiger partial charge is 0.119 e. The van der Waals surface area contributed by atoms with E-state index in [-0.39, 0.29) is 0 Å². The lowest BCUT2D eigenvalue weighted by molar-refractivity contribution is 0.386. The van der Waals surface area contributed by atoms with E-state index in [2.05, 4.69) is 68.2 Å². The zero-order valence-corrected chi connectivity index (χ0v) is 13.8. The number of imidazole rings is 1. The summed E-state index contributed by atoms with van der Waals surface area (Å²) in [5, 5.41) is 0. The first-order valence-corrected chi connectivity index (χ1v) is 7.90. The van der Waals surface area contributed by atoms with Gasteiger partial charge in [0.2, 0.25) is 0 Å². The van der Waals surface area contributed by atoms with Crippen LogP contribution in [0.15, 0.2) is 18.2 Å². The average molecular weight is 291 g/mol. The minimum Gasteiger partial charge on any atom is -0.327 e. The Morgan fingerprint density at radius 3 is 2.65 bits per heavy atom. The van der Waals surface area contributed by atoms with Gasteiger partial charge in [-0.25, -0.2) is 4.98 Å². The summed E-state index contributed by atoms with van der Waals surface area (Å²) >= 11 is 4.43. The summed E-state index contributed by atoms with van der Waals surface area (Å²) in [6.07, 6.45) is 1.13. The van der Waals surface area contributed by atoms with Crippen LogP contribution < -0.4 is 0 Å². The van der Waals surface area contributed by atoms with E-state index >= 15 is 0 Å². The molecule has 0 unspecified atom stereocenters. The molecule has 1 heterocycles. The number of nitrogens with zero attached hydrogens (tertiary/aromatic N) is 3. The Morgan fingerprint density at radius 1 is 1.30 bits per heavy atom. The SMILES string of the molecule is CC(C)c1ccc2c(c1)nc(CS)n2CCCN(C)C. The highest BCUT2D eigenvalue weighted by molar-refractivity contribution is 7.79. The van der Waals surface area contributed by atoms with E-state index < -0.39 is 0 Å². The first-order valence-electron chi connectivity index (χ1n) is 7.27. The number of hydrogen-bond acceptors (Lipinski definition) is 3. The van der Waals surface area contributed by atoms with Gasteiger partial charge in [-0.3, -0.25) is 0 Å².